The first-order valence-electron chi connectivity index (χ1n) is 12.5. The Kier molecular flexibility index (Phi) is 11.5. The lowest BCUT2D eigenvalue weighted by atomic mass is 9.79. The van der Waals surface area contributed by atoms with E-state index >= 15 is 0 Å². The minimum atomic E-state index is -0.283. The SMILES string of the molecule is C=C(C)C(=O)OCCCCCC[C@H]1CC[C@H](C(=O)O[C@H]2CC[C@H](CCC)CC2)CC1. The molecule has 0 aromatic carbocycles. The van der Waals surface area contributed by atoms with Crippen LogP contribution in [0, 0.1) is 17.8 Å². The maximum atomic E-state index is 12.6. The molecule has 2 aliphatic rings. The molecule has 0 saturated heterocycles. The molecule has 0 aliphatic heterocycles. The van der Waals surface area contributed by atoms with E-state index in [1.54, 1.807) is 6.92 Å². The molecule has 0 N–H and O–H groups in total. The predicted octanol–water partition coefficient (Wildman–Crippen LogP) is 6.76. The van der Waals surface area contributed by atoms with Crippen molar-refractivity contribution in [1.29, 1.82) is 0 Å². The number of rotatable bonds is 12. The standard InChI is InChI=1S/C26H44O4/c1-4-9-21-13-17-24(18-14-21)30-26(28)23-15-11-22(12-16-23)10-7-5-6-8-19-29-25(27)20(2)3/h21-24H,2,4-19H2,1,3H3/t21-,22-,23-,24-. The van der Waals surface area contributed by atoms with Gasteiger partial charge in [0.25, 0.3) is 0 Å². The Morgan fingerprint density at radius 2 is 1.43 bits per heavy atom. The third-order valence-corrected chi connectivity index (χ3v) is 7.04. The van der Waals surface area contributed by atoms with Gasteiger partial charge in [-0.2, -0.15) is 0 Å². The van der Waals surface area contributed by atoms with E-state index in [1.165, 1.54) is 57.8 Å². The summed E-state index contributed by atoms with van der Waals surface area (Å²) in [7, 11) is 0. The van der Waals surface area contributed by atoms with Crippen molar-refractivity contribution in [3.05, 3.63) is 12.2 Å². The summed E-state index contributed by atoms with van der Waals surface area (Å²) in [6.45, 7) is 8.02. The van der Waals surface area contributed by atoms with E-state index in [1.807, 2.05) is 0 Å². The number of carbonyl (C=O) groups is 2. The molecular formula is C26H44O4. The molecule has 4 heteroatoms. The normalized spacial score (nSPS) is 26.7. The van der Waals surface area contributed by atoms with Gasteiger partial charge in [-0.25, -0.2) is 4.79 Å². The van der Waals surface area contributed by atoms with Gasteiger partial charge in [0.1, 0.15) is 6.10 Å². The van der Waals surface area contributed by atoms with Crippen molar-refractivity contribution in [2.75, 3.05) is 6.61 Å². The zero-order valence-electron chi connectivity index (χ0n) is 19.5. The highest BCUT2D eigenvalue weighted by Gasteiger charge is 2.30. The van der Waals surface area contributed by atoms with Crippen LogP contribution in [0.3, 0.4) is 0 Å². The van der Waals surface area contributed by atoms with Crippen LogP contribution in [0.2, 0.25) is 0 Å². The molecule has 0 spiro atoms. The summed E-state index contributed by atoms with van der Waals surface area (Å²) in [5.74, 6) is 1.55. The highest BCUT2D eigenvalue weighted by Crippen LogP contribution is 2.34. The molecule has 2 saturated carbocycles. The average molecular weight is 421 g/mol. The lowest BCUT2D eigenvalue weighted by molar-refractivity contribution is -0.157. The van der Waals surface area contributed by atoms with Crippen LogP contribution in [-0.2, 0) is 19.1 Å². The van der Waals surface area contributed by atoms with Crippen LogP contribution < -0.4 is 0 Å². The molecule has 0 radical (unpaired) electrons. The molecule has 0 amide bonds. The maximum absolute atomic E-state index is 12.6. The number of unbranched alkanes of at least 4 members (excludes halogenated alkanes) is 3. The van der Waals surface area contributed by atoms with Crippen LogP contribution >= 0.6 is 0 Å². The fourth-order valence-corrected chi connectivity index (χ4v) is 5.07. The van der Waals surface area contributed by atoms with Crippen LogP contribution in [0.1, 0.15) is 110 Å². The zero-order valence-corrected chi connectivity index (χ0v) is 19.5. The minimum absolute atomic E-state index is 0.0803. The van der Waals surface area contributed by atoms with Gasteiger partial charge in [0.05, 0.1) is 12.5 Å². The number of carbonyl (C=O) groups excluding carboxylic acids is 2. The fourth-order valence-electron chi connectivity index (χ4n) is 5.07. The smallest absolute Gasteiger partial charge is 0.333 e. The van der Waals surface area contributed by atoms with Crippen molar-refractivity contribution in [3.63, 3.8) is 0 Å². The van der Waals surface area contributed by atoms with E-state index in [9.17, 15) is 9.59 Å². The van der Waals surface area contributed by atoms with E-state index in [4.69, 9.17) is 9.47 Å². The summed E-state index contributed by atoms with van der Waals surface area (Å²) in [5, 5.41) is 0. The van der Waals surface area contributed by atoms with Gasteiger partial charge in [0.2, 0.25) is 0 Å². The van der Waals surface area contributed by atoms with Gasteiger partial charge in [-0.1, -0.05) is 52.0 Å². The fraction of sp³-hybridized carbons (Fsp3) is 0.846. The molecule has 4 nitrogen and oxygen atoms in total. The van der Waals surface area contributed by atoms with Gasteiger partial charge < -0.3 is 9.47 Å². The second-order valence-electron chi connectivity index (χ2n) is 9.71. The Bertz CT molecular complexity index is 525. The predicted molar refractivity (Wildman–Crippen MR) is 121 cm³/mol. The Morgan fingerprint density at radius 3 is 2.07 bits per heavy atom. The molecule has 2 rings (SSSR count). The number of hydrogen-bond donors (Lipinski definition) is 0. The van der Waals surface area contributed by atoms with E-state index in [-0.39, 0.29) is 24.0 Å². The molecular weight excluding hydrogens is 376 g/mol. The summed E-state index contributed by atoms with van der Waals surface area (Å²) in [4.78, 5) is 23.9. The first-order valence-corrected chi connectivity index (χ1v) is 12.5. The van der Waals surface area contributed by atoms with Crippen molar-refractivity contribution >= 4 is 11.9 Å². The molecule has 2 aliphatic carbocycles. The van der Waals surface area contributed by atoms with E-state index in [0.29, 0.717) is 12.2 Å². The van der Waals surface area contributed by atoms with E-state index < -0.39 is 0 Å². The highest BCUT2D eigenvalue weighted by atomic mass is 16.5. The summed E-state index contributed by atoms with van der Waals surface area (Å²) >= 11 is 0. The summed E-state index contributed by atoms with van der Waals surface area (Å²) in [6.07, 6.45) is 17.4. The Labute approximate surface area is 184 Å². The Morgan fingerprint density at radius 1 is 0.833 bits per heavy atom. The van der Waals surface area contributed by atoms with Crippen LogP contribution in [-0.4, -0.2) is 24.6 Å². The Hall–Kier alpha value is -1.32. The van der Waals surface area contributed by atoms with Gasteiger partial charge in [-0.3, -0.25) is 4.79 Å². The third kappa shape index (κ3) is 9.22. The van der Waals surface area contributed by atoms with Gasteiger partial charge in [-0.05, 0) is 76.5 Å². The molecule has 0 aromatic heterocycles. The largest absolute Gasteiger partial charge is 0.462 e. The topological polar surface area (TPSA) is 52.6 Å². The highest BCUT2D eigenvalue weighted by molar-refractivity contribution is 5.86. The van der Waals surface area contributed by atoms with Crippen LogP contribution in [0.5, 0.6) is 0 Å². The van der Waals surface area contributed by atoms with Gasteiger partial charge in [0, 0.05) is 5.57 Å². The lowest BCUT2D eigenvalue weighted by Gasteiger charge is -2.31. The Balaban J connectivity index is 1.49. The minimum Gasteiger partial charge on any atom is -0.462 e. The van der Waals surface area contributed by atoms with Crippen molar-refractivity contribution < 1.29 is 19.1 Å². The van der Waals surface area contributed by atoms with Crippen molar-refractivity contribution in [3.8, 4) is 0 Å². The summed E-state index contributed by atoms with van der Waals surface area (Å²) < 4.78 is 11.0. The van der Waals surface area contributed by atoms with Crippen LogP contribution in [0.4, 0.5) is 0 Å². The summed E-state index contributed by atoms with van der Waals surface area (Å²) in [5.41, 5.74) is 0.467. The van der Waals surface area contributed by atoms with E-state index in [2.05, 4.69) is 13.5 Å². The molecule has 0 aromatic rings. The first kappa shape index (κ1) is 24.9. The van der Waals surface area contributed by atoms with E-state index in [0.717, 1.165) is 50.4 Å². The molecule has 0 atom stereocenters. The van der Waals surface area contributed by atoms with Crippen molar-refractivity contribution in [2.45, 2.75) is 116 Å². The third-order valence-electron chi connectivity index (χ3n) is 7.04. The van der Waals surface area contributed by atoms with Crippen molar-refractivity contribution in [1.82, 2.24) is 0 Å². The molecule has 0 unspecified atom stereocenters. The number of ether oxygens (including phenoxy) is 2. The van der Waals surface area contributed by atoms with Gasteiger partial charge >= 0.3 is 11.9 Å². The maximum Gasteiger partial charge on any atom is 0.333 e. The molecule has 0 bridgehead atoms. The number of esters is 2. The van der Waals surface area contributed by atoms with Crippen LogP contribution in [0.15, 0.2) is 12.2 Å². The van der Waals surface area contributed by atoms with Gasteiger partial charge in [0.15, 0.2) is 0 Å². The second kappa shape index (κ2) is 13.9. The molecule has 30 heavy (non-hydrogen) atoms. The molecule has 0 heterocycles. The number of hydrogen-bond acceptors (Lipinski definition) is 4. The zero-order chi connectivity index (χ0) is 21.8. The van der Waals surface area contributed by atoms with Crippen LogP contribution in [0.25, 0.3) is 0 Å². The quantitative estimate of drug-likeness (QED) is 0.199. The first-order chi connectivity index (χ1) is 14.5. The lowest BCUT2D eigenvalue weighted by Crippen LogP contribution is -2.30. The second-order valence-corrected chi connectivity index (χ2v) is 9.71. The van der Waals surface area contributed by atoms with Gasteiger partial charge in [-0.15, -0.1) is 0 Å². The van der Waals surface area contributed by atoms with Crippen molar-refractivity contribution in [2.24, 2.45) is 17.8 Å². The summed E-state index contributed by atoms with van der Waals surface area (Å²) in [6, 6.07) is 0. The molecule has 172 valence electrons. The monoisotopic (exact) mass is 420 g/mol. The average Bonchev–Trinajstić information content (AvgIpc) is 2.74. The molecule has 2 fully saturated rings.